The van der Waals surface area contributed by atoms with E-state index in [1.807, 2.05) is 6.92 Å². The Hall–Kier alpha value is 0.0500. The maximum absolute atomic E-state index is 8.52. The zero-order valence-electron chi connectivity index (χ0n) is 6.13. The first-order valence-corrected chi connectivity index (χ1v) is 5.09. The summed E-state index contributed by atoms with van der Waals surface area (Å²) in [6, 6.07) is 0. The predicted molar refractivity (Wildman–Crippen MR) is 44.9 cm³/mol. The van der Waals surface area contributed by atoms with Crippen LogP contribution in [-0.4, -0.2) is 29.5 Å². The second kappa shape index (κ2) is 6.17. The molecule has 0 aliphatic heterocycles. The normalized spacial score (nSPS) is 14.6. The summed E-state index contributed by atoms with van der Waals surface area (Å²) < 4.78 is 0. The van der Waals surface area contributed by atoms with Crippen LogP contribution in [0.25, 0.3) is 0 Å². The highest BCUT2D eigenvalue weighted by Gasteiger charge is 2.04. The summed E-state index contributed by atoms with van der Waals surface area (Å²) in [6.07, 6.45) is 6.38. The molecular weight excluding hydrogens is 132 g/mol. The van der Waals surface area contributed by atoms with Crippen molar-refractivity contribution in [3.63, 3.8) is 0 Å². The van der Waals surface area contributed by atoms with Gasteiger partial charge in [-0.2, -0.15) is 0 Å². The van der Waals surface area contributed by atoms with Gasteiger partial charge in [-0.25, -0.2) is 0 Å². The van der Waals surface area contributed by atoms with Crippen molar-refractivity contribution in [1.82, 2.24) is 0 Å². The average molecular weight is 147 g/mol. The molecule has 0 aromatic carbocycles. The molecule has 2 heteroatoms. The van der Waals surface area contributed by atoms with E-state index < -0.39 is 0 Å². The molecule has 0 spiro atoms. The van der Waals surface area contributed by atoms with Crippen molar-refractivity contribution < 1.29 is 5.11 Å². The van der Waals surface area contributed by atoms with Crippen LogP contribution >= 0.6 is 0 Å². The number of allylic oxidation sites excluding steroid dienone is 1. The highest BCUT2D eigenvalue weighted by atomic mass is 32.2. The third kappa shape index (κ3) is 5.93. The fourth-order valence-electron chi connectivity index (χ4n) is 0.500. The Morgan fingerprint density at radius 3 is 2.67 bits per heavy atom. The molecule has 0 fully saturated rings. The quantitative estimate of drug-likeness (QED) is 0.461. The molecule has 0 bridgehead atoms. The molecule has 1 N–H and O–H groups in total. The molecule has 0 aromatic rings. The molecule has 1 atom stereocenters. The summed E-state index contributed by atoms with van der Waals surface area (Å²) in [4.78, 5) is 0. The van der Waals surface area contributed by atoms with E-state index in [1.54, 1.807) is 0 Å². The first-order chi connectivity index (χ1) is 4.31. The Morgan fingerprint density at radius 2 is 2.22 bits per heavy atom. The molecule has 0 saturated heterocycles. The molecule has 1 nitrogen and oxygen atoms in total. The zero-order chi connectivity index (χ0) is 7.11. The maximum Gasteiger partial charge on any atom is 0.131 e. The van der Waals surface area contributed by atoms with Gasteiger partial charge < -0.3 is 5.11 Å². The smallest absolute Gasteiger partial charge is 0.131 e. The highest BCUT2D eigenvalue weighted by Crippen LogP contribution is 1.90. The minimum atomic E-state index is 0.331. The van der Waals surface area contributed by atoms with Crippen LogP contribution in [0.5, 0.6) is 0 Å². The lowest BCUT2D eigenvalue weighted by Gasteiger charge is -1.94. The monoisotopic (exact) mass is 147 g/mol. The molecular formula is C7H15OS+. The average Bonchev–Trinajstić information content (AvgIpc) is 1.85. The van der Waals surface area contributed by atoms with Gasteiger partial charge >= 0.3 is 0 Å². The van der Waals surface area contributed by atoms with Crippen molar-refractivity contribution in [2.24, 2.45) is 0 Å². The van der Waals surface area contributed by atoms with Crippen molar-refractivity contribution in [2.75, 3.05) is 24.4 Å². The summed E-state index contributed by atoms with van der Waals surface area (Å²) >= 11 is 0. The molecule has 0 saturated carbocycles. The molecule has 0 rings (SSSR count). The number of aliphatic hydroxyl groups excluding tert-OH is 1. The lowest BCUT2D eigenvalue weighted by Crippen LogP contribution is -2.10. The highest BCUT2D eigenvalue weighted by molar-refractivity contribution is 7.96. The molecule has 1 unspecified atom stereocenters. The van der Waals surface area contributed by atoms with E-state index in [2.05, 4.69) is 18.4 Å². The minimum Gasteiger partial charge on any atom is -0.391 e. The lowest BCUT2D eigenvalue weighted by atomic mass is 10.6. The van der Waals surface area contributed by atoms with Gasteiger partial charge in [0.05, 0.1) is 12.9 Å². The molecule has 9 heavy (non-hydrogen) atoms. The Labute approximate surface area is 60.1 Å². The van der Waals surface area contributed by atoms with Gasteiger partial charge in [-0.3, -0.25) is 0 Å². The number of aliphatic hydroxyl groups is 1. The maximum atomic E-state index is 8.52. The third-order valence-corrected chi connectivity index (χ3v) is 2.70. The van der Waals surface area contributed by atoms with Gasteiger partial charge in [0.25, 0.3) is 0 Å². The summed E-state index contributed by atoms with van der Waals surface area (Å²) in [5.74, 6) is 2.07. The molecule has 54 valence electrons. The summed E-state index contributed by atoms with van der Waals surface area (Å²) in [7, 11) is 0.393. The molecule has 0 aliphatic carbocycles. The Morgan fingerprint density at radius 1 is 1.56 bits per heavy atom. The van der Waals surface area contributed by atoms with Gasteiger partial charge in [-0.15, -0.1) is 0 Å². The van der Waals surface area contributed by atoms with Crippen LogP contribution in [0.3, 0.4) is 0 Å². The second-order valence-electron chi connectivity index (χ2n) is 1.94. The summed E-state index contributed by atoms with van der Waals surface area (Å²) in [6.45, 7) is 2.35. The molecule has 0 heterocycles. The van der Waals surface area contributed by atoms with Gasteiger partial charge in [-0.1, -0.05) is 6.08 Å². The Balaban J connectivity index is 3.15. The molecule has 0 aliphatic rings. The van der Waals surface area contributed by atoms with Gasteiger partial charge in [0.1, 0.15) is 11.5 Å². The predicted octanol–water partition coefficient (Wildman–Crippen LogP) is 0.803. The van der Waals surface area contributed by atoms with E-state index in [1.165, 1.54) is 0 Å². The van der Waals surface area contributed by atoms with Crippen molar-refractivity contribution in [3.8, 4) is 0 Å². The van der Waals surface area contributed by atoms with Crippen LogP contribution in [0.1, 0.15) is 6.92 Å². The zero-order valence-corrected chi connectivity index (χ0v) is 6.95. The molecule has 0 aromatic heterocycles. The van der Waals surface area contributed by atoms with Gasteiger partial charge in [-0.05, 0) is 23.9 Å². The standard InChI is InChI=1S/C7H15OS/c1-3-4-6-9(2)7-5-8/h3-4,8H,5-7H2,1-2H3/q+1/b4-3+. The number of hydrogen-bond donors (Lipinski definition) is 1. The number of hydrogen-bond acceptors (Lipinski definition) is 1. The van der Waals surface area contributed by atoms with E-state index in [4.69, 9.17) is 5.11 Å². The Bertz CT molecular complexity index is 81.0. The van der Waals surface area contributed by atoms with E-state index in [-0.39, 0.29) is 0 Å². The van der Waals surface area contributed by atoms with Crippen molar-refractivity contribution >= 4 is 10.9 Å². The first kappa shape index (κ1) is 9.05. The van der Waals surface area contributed by atoms with E-state index in [0.717, 1.165) is 11.5 Å². The topological polar surface area (TPSA) is 20.2 Å². The first-order valence-electron chi connectivity index (χ1n) is 3.12. The van der Waals surface area contributed by atoms with Crippen molar-refractivity contribution in [2.45, 2.75) is 6.92 Å². The van der Waals surface area contributed by atoms with Crippen molar-refractivity contribution in [1.29, 1.82) is 0 Å². The lowest BCUT2D eigenvalue weighted by molar-refractivity contribution is 0.322. The van der Waals surface area contributed by atoms with E-state index >= 15 is 0 Å². The van der Waals surface area contributed by atoms with Crippen LogP contribution in [0.2, 0.25) is 0 Å². The fraction of sp³-hybridized carbons (Fsp3) is 0.714. The second-order valence-corrected chi connectivity index (χ2v) is 4.25. The van der Waals surface area contributed by atoms with Crippen LogP contribution in [0, 0.1) is 0 Å². The SMILES string of the molecule is C/C=C/C[S+](C)CCO. The fourth-order valence-corrected chi connectivity index (χ4v) is 1.50. The Kier molecular flexibility index (Phi) is 6.21. The van der Waals surface area contributed by atoms with Crippen LogP contribution in [0.15, 0.2) is 12.2 Å². The molecule has 0 amide bonds. The van der Waals surface area contributed by atoms with Crippen molar-refractivity contribution in [3.05, 3.63) is 12.2 Å². The van der Waals surface area contributed by atoms with E-state index in [9.17, 15) is 0 Å². The largest absolute Gasteiger partial charge is 0.391 e. The van der Waals surface area contributed by atoms with Crippen LogP contribution in [0.4, 0.5) is 0 Å². The van der Waals surface area contributed by atoms with Gasteiger partial charge in [0, 0.05) is 0 Å². The molecule has 0 radical (unpaired) electrons. The minimum absolute atomic E-state index is 0.331. The van der Waals surface area contributed by atoms with Gasteiger partial charge in [0.15, 0.2) is 0 Å². The van der Waals surface area contributed by atoms with Gasteiger partial charge in [0.2, 0.25) is 0 Å². The summed E-state index contributed by atoms with van der Waals surface area (Å²) in [5.41, 5.74) is 0. The summed E-state index contributed by atoms with van der Waals surface area (Å²) in [5, 5.41) is 8.52. The number of rotatable bonds is 4. The van der Waals surface area contributed by atoms with E-state index in [0.29, 0.717) is 17.5 Å². The van der Waals surface area contributed by atoms with Crippen LogP contribution in [-0.2, 0) is 10.9 Å². The third-order valence-electron chi connectivity index (χ3n) is 1.06. The van der Waals surface area contributed by atoms with Crippen LogP contribution < -0.4 is 0 Å².